The predicted molar refractivity (Wildman–Crippen MR) is 53.9 cm³/mol. The minimum Gasteiger partial charge on any atom is -0.358 e. The van der Waals surface area contributed by atoms with Crippen LogP contribution in [0.4, 0.5) is 0 Å². The summed E-state index contributed by atoms with van der Waals surface area (Å²) < 4.78 is 0. The van der Waals surface area contributed by atoms with Crippen LogP contribution in [-0.4, -0.2) is 36.2 Å². The number of carbonyl (C=O) groups excluding carboxylic acids is 2. The monoisotopic (exact) mass is 192 g/mol. The molecular formula is C10H12N2O2. The Kier molecular flexibility index (Phi) is 3.23. The van der Waals surface area contributed by atoms with Gasteiger partial charge in [-0.25, -0.2) is 0 Å². The number of aldehydes is 1. The van der Waals surface area contributed by atoms with Crippen molar-refractivity contribution >= 4 is 18.3 Å². The summed E-state index contributed by atoms with van der Waals surface area (Å²) in [5, 5.41) is 0. The zero-order valence-electron chi connectivity index (χ0n) is 8.15. The number of aromatic amines is 1. The van der Waals surface area contributed by atoms with Crippen LogP contribution in [0.2, 0.25) is 0 Å². The van der Waals surface area contributed by atoms with Crippen molar-refractivity contribution in [2.45, 2.75) is 0 Å². The molecule has 1 heterocycles. The van der Waals surface area contributed by atoms with Crippen LogP contribution in [0, 0.1) is 0 Å². The lowest BCUT2D eigenvalue weighted by Gasteiger charge is -2.04. The van der Waals surface area contributed by atoms with Gasteiger partial charge in [0.05, 0.1) is 5.69 Å². The van der Waals surface area contributed by atoms with E-state index in [1.54, 1.807) is 32.4 Å². The first kappa shape index (κ1) is 10.2. The van der Waals surface area contributed by atoms with Crippen LogP contribution in [0.1, 0.15) is 16.1 Å². The Balaban J connectivity index is 2.68. The first-order chi connectivity index (χ1) is 6.63. The Hall–Kier alpha value is -1.84. The molecule has 1 N–H and O–H groups in total. The second-order valence-electron chi connectivity index (χ2n) is 3.07. The maximum atomic E-state index is 11.2. The normalized spacial score (nSPS) is 10.4. The van der Waals surface area contributed by atoms with E-state index in [1.165, 1.54) is 11.0 Å². The van der Waals surface area contributed by atoms with Crippen molar-refractivity contribution in [3.63, 3.8) is 0 Å². The van der Waals surface area contributed by atoms with Crippen molar-refractivity contribution in [3.05, 3.63) is 29.6 Å². The molecule has 1 aromatic rings. The lowest BCUT2D eigenvalue weighted by Crippen LogP contribution is -2.18. The number of amides is 1. The van der Waals surface area contributed by atoms with Gasteiger partial charge >= 0.3 is 0 Å². The highest BCUT2D eigenvalue weighted by atomic mass is 16.2. The molecule has 0 saturated carbocycles. The molecule has 1 aromatic heterocycles. The summed E-state index contributed by atoms with van der Waals surface area (Å²) in [6.07, 6.45) is 5.51. The lowest BCUT2D eigenvalue weighted by molar-refractivity contribution is -0.123. The van der Waals surface area contributed by atoms with Gasteiger partial charge in [0.1, 0.15) is 0 Å². The van der Waals surface area contributed by atoms with E-state index in [0.29, 0.717) is 5.69 Å². The Bertz CT molecular complexity index is 364. The third-order valence-electron chi connectivity index (χ3n) is 1.71. The molecule has 0 radical (unpaired) electrons. The van der Waals surface area contributed by atoms with Gasteiger partial charge in [0.25, 0.3) is 0 Å². The Labute approximate surface area is 82.2 Å². The fourth-order valence-electron chi connectivity index (χ4n) is 0.910. The summed E-state index contributed by atoms with van der Waals surface area (Å²) in [7, 11) is 3.36. The maximum absolute atomic E-state index is 11.2. The molecule has 0 bridgehead atoms. The topological polar surface area (TPSA) is 53.2 Å². The minimum atomic E-state index is -0.0844. The molecule has 0 aromatic carbocycles. The van der Waals surface area contributed by atoms with Crippen molar-refractivity contribution < 1.29 is 9.59 Å². The van der Waals surface area contributed by atoms with Crippen LogP contribution >= 0.6 is 0 Å². The number of aromatic nitrogens is 1. The van der Waals surface area contributed by atoms with E-state index < -0.39 is 0 Å². The standard InChI is InChI=1S/C10H12N2O2/c1-12(2)10(14)4-3-8-5-9(7-13)11-6-8/h3-7,11H,1-2H3. The highest BCUT2D eigenvalue weighted by Crippen LogP contribution is 2.03. The summed E-state index contributed by atoms with van der Waals surface area (Å²) >= 11 is 0. The smallest absolute Gasteiger partial charge is 0.246 e. The van der Waals surface area contributed by atoms with Crippen LogP contribution in [0.5, 0.6) is 0 Å². The molecular weight excluding hydrogens is 180 g/mol. The third kappa shape index (κ3) is 2.58. The fraction of sp³-hybridized carbons (Fsp3) is 0.200. The second kappa shape index (κ2) is 4.41. The summed E-state index contributed by atoms with van der Waals surface area (Å²) in [5.74, 6) is -0.0844. The van der Waals surface area contributed by atoms with E-state index in [-0.39, 0.29) is 5.91 Å². The number of hydrogen-bond donors (Lipinski definition) is 1. The number of hydrogen-bond acceptors (Lipinski definition) is 2. The van der Waals surface area contributed by atoms with Gasteiger partial charge in [-0.15, -0.1) is 0 Å². The van der Waals surface area contributed by atoms with Gasteiger partial charge in [0.2, 0.25) is 5.91 Å². The second-order valence-corrected chi connectivity index (χ2v) is 3.07. The Morgan fingerprint density at radius 1 is 1.50 bits per heavy atom. The molecule has 0 spiro atoms. The fourth-order valence-corrected chi connectivity index (χ4v) is 0.910. The van der Waals surface area contributed by atoms with Gasteiger partial charge in [-0.2, -0.15) is 0 Å². The van der Waals surface area contributed by atoms with E-state index in [2.05, 4.69) is 4.98 Å². The van der Waals surface area contributed by atoms with Gasteiger partial charge in [0.15, 0.2) is 6.29 Å². The molecule has 4 heteroatoms. The summed E-state index contributed by atoms with van der Waals surface area (Å²) in [5.41, 5.74) is 1.31. The van der Waals surface area contributed by atoms with Crippen molar-refractivity contribution in [2.75, 3.05) is 14.1 Å². The summed E-state index contributed by atoms with van der Waals surface area (Å²) in [6.45, 7) is 0. The number of H-pyrrole nitrogens is 1. The number of nitrogens with zero attached hydrogens (tertiary/aromatic N) is 1. The molecule has 0 aliphatic heterocycles. The molecule has 0 atom stereocenters. The zero-order valence-corrected chi connectivity index (χ0v) is 8.15. The molecule has 4 nitrogen and oxygen atoms in total. The van der Waals surface area contributed by atoms with Crippen LogP contribution in [0.15, 0.2) is 18.3 Å². The molecule has 0 aliphatic carbocycles. The average Bonchev–Trinajstić information content (AvgIpc) is 2.61. The van der Waals surface area contributed by atoms with Crippen molar-refractivity contribution in [3.8, 4) is 0 Å². The van der Waals surface area contributed by atoms with Crippen LogP contribution in [0.25, 0.3) is 6.08 Å². The molecule has 0 aliphatic rings. The number of nitrogens with one attached hydrogen (secondary N) is 1. The molecule has 0 saturated heterocycles. The average molecular weight is 192 g/mol. The van der Waals surface area contributed by atoms with E-state index >= 15 is 0 Å². The summed E-state index contributed by atoms with van der Waals surface area (Å²) in [6, 6.07) is 1.67. The summed E-state index contributed by atoms with van der Waals surface area (Å²) in [4.78, 5) is 25.7. The first-order valence-electron chi connectivity index (χ1n) is 4.16. The zero-order chi connectivity index (χ0) is 10.6. The highest BCUT2D eigenvalue weighted by Gasteiger charge is 1.98. The maximum Gasteiger partial charge on any atom is 0.246 e. The van der Waals surface area contributed by atoms with E-state index in [1.807, 2.05) is 0 Å². The predicted octanol–water partition coefficient (Wildman–Crippen LogP) is 0.929. The van der Waals surface area contributed by atoms with Crippen molar-refractivity contribution in [2.24, 2.45) is 0 Å². The highest BCUT2D eigenvalue weighted by molar-refractivity contribution is 5.91. The molecule has 74 valence electrons. The van der Waals surface area contributed by atoms with Gasteiger partial charge in [-0.3, -0.25) is 9.59 Å². The molecule has 0 unspecified atom stereocenters. The first-order valence-corrected chi connectivity index (χ1v) is 4.16. The van der Waals surface area contributed by atoms with Gasteiger partial charge in [-0.1, -0.05) is 0 Å². The van der Waals surface area contributed by atoms with Gasteiger partial charge in [0, 0.05) is 26.4 Å². The van der Waals surface area contributed by atoms with E-state index in [0.717, 1.165) is 11.8 Å². The van der Waals surface area contributed by atoms with Gasteiger partial charge < -0.3 is 9.88 Å². The number of carbonyl (C=O) groups is 2. The Morgan fingerprint density at radius 2 is 2.21 bits per heavy atom. The molecule has 14 heavy (non-hydrogen) atoms. The SMILES string of the molecule is CN(C)C(=O)C=Cc1c[nH]c(C=O)c1. The van der Waals surface area contributed by atoms with Crippen molar-refractivity contribution in [1.82, 2.24) is 9.88 Å². The number of rotatable bonds is 3. The van der Waals surface area contributed by atoms with Crippen LogP contribution in [0.3, 0.4) is 0 Å². The number of likely N-dealkylation sites (N-methyl/N-ethyl adjacent to an activating group) is 1. The van der Waals surface area contributed by atoms with E-state index in [4.69, 9.17) is 0 Å². The van der Waals surface area contributed by atoms with Crippen LogP contribution in [-0.2, 0) is 4.79 Å². The molecule has 1 amide bonds. The largest absolute Gasteiger partial charge is 0.358 e. The van der Waals surface area contributed by atoms with Crippen LogP contribution < -0.4 is 0 Å². The van der Waals surface area contributed by atoms with Gasteiger partial charge in [-0.05, 0) is 17.7 Å². The van der Waals surface area contributed by atoms with E-state index in [9.17, 15) is 9.59 Å². The Morgan fingerprint density at radius 3 is 2.71 bits per heavy atom. The molecule has 1 rings (SSSR count). The lowest BCUT2D eigenvalue weighted by atomic mass is 10.3. The minimum absolute atomic E-state index is 0.0844. The quantitative estimate of drug-likeness (QED) is 0.572. The third-order valence-corrected chi connectivity index (χ3v) is 1.71. The van der Waals surface area contributed by atoms with Crippen molar-refractivity contribution in [1.29, 1.82) is 0 Å². The molecule has 0 fully saturated rings.